The number of thioether (sulfide) groups is 1. The number of hydrogen-bond donors (Lipinski definition) is 1. The molecule has 3 aromatic carbocycles. The van der Waals surface area contributed by atoms with Crippen LogP contribution in [-0.4, -0.2) is 21.9 Å². The van der Waals surface area contributed by atoms with Gasteiger partial charge in [-0.1, -0.05) is 41.1 Å². The molecule has 0 aliphatic heterocycles. The van der Waals surface area contributed by atoms with E-state index in [9.17, 15) is 4.79 Å². The molecule has 8 heteroatoms. The molecule has 0 unspecified atom stereocenters. The minimum absolute atomic E-state index is 0.151. The van der Waals surface area contributed by atoms with Crippen molar-refractivity contribution in [2.24, 2.45) is 0 Å². The van der Waals surface area contributed by atoms with Crippen LogP contribution in [0.3, 0.4) is 0 Å². The van der Waals surface area contributed by atoms with E-state index in [1.807, 2.05) is 31.2 Å². The predicted molar refractivity (Wildman–Crippen MR) is 122 cm³/mol. The second kappa shape index (κ2) is 9.68. The second-order valence-corrected chi connectivity index (χ2v) is 8.02. The standard InChI is InChI=1S/C23H18ClN3O3S/c1-15-2-4-16(5-3-15)22-26-27-23(30-22)31-14-21(28)25-18-8-12-20(13-9-18)29-19-10-6-17(24)7-11-19/h2-13H,14H2,1H3,(H,25,28). The zero-order valence-corrected chi connectivity index (χ0v) is 18.1. The average Bonchev–Trinajstić information content (AvgIpc) is 3.25. The Morgan fingerprint density at radius 1 is 0.968 bits per heavy atom. The summed E-state index contributed by atoms with van der Waals surface area (Å²) in [5.41, 5.74) is 2.66. The molecule has 6 nitrogen and oxygen atoms in total. The van der Waals surface area contributed by atoms with Gasteiger partial charge in [-0.15, -0.1) is 10.2 Å². The summed E-state index contributed by atoms with van der Waals surface area (Å²) in [6, 6.07) is 22.0. The van der Waals surface area contributed by atoms with Gasteiger partial charge >= 0.3 is 0 Å². The first kappa shape index (κ1) is 21.0. The highest BCUT2D eigenvalue weighted by molar-refractivity contribution is 7.99. The van der Waals surface area contributed by atoms with Crippen molar-refractivity contribution in [2.75, 3.05) is 11.1 Å². The van der Waals surface area contributed by atoms with Crippen molar-refractivity contribution in [3.63, 3.8) is 0 Å². The minimum Gasteiger partial charge on any atom is -0.457 e. The van der Waals surface area contributed by atoms with Crippen molar-refractivity contribution in [1.29, 1.82) is 0 Å². The van der Waals surface area contributed by atoms with E-state index in [1.165, 1.54) is 11.8 Å². The Balaban J connectivity index is 1.28. The van der Waals surface area contributed by atoms with Crippen molar-refractivity contribution >= 4 is 35.0 Å². The lowest BCUT2D eigenvalue weighted by Crippen LogP contribution is -2.13. The summed E-state index contributed by atoms with van der Waals surface area (Å²) >= 11 is 7.06. The highest BCUT2D eigenvalue weighted by Crippen LogP contribution is 2.25. The lowest BCUT2D eigenvalue weighted by Gasteiger charge is -2.08. The van der Waals surface area contributed by atoms with Crippen LogP contribution in [0.25, 0.3) is 11.5 Å². The number of nitrogens with one attached hydrogen (secondary N) is 1. The number of anilines is 1. The van der Waals surface area contributed by atoms with Crippen LogP contribution in [-0.2, 0) is 4.79 Å². The van der Waals surface area contributed by atoms with E-state index in [-0.39, 0.29) is 11.7 Å². The lowest BCUT2D eigenvalue weighted by molar-refractivity contribution is -0.113. The molecule has 4 aromatic rings. The van der Waals surface area contributed by atoms with Gasteiger partial charge in [0.25, 0.3) is 5.22 Å². The Morgan fingerprint density at radius 3 is 2.29 bits per heavy atom. The van der Waals surface area contributed by atoms with Gasteiger partial charge in [0, 0.05) is 16.3 Å². The molecule has 0 aliphatic carbocycles. The first-order valence-corrected chi connectivity index (χ1v) is 10.8. The van der Waals surface area contributed by atoms with E-state index in [0.717, 1.165) is 11.1 Å². The molecule has 4 rings (SSSR count). The smallest absolute Gasteiger partial charge is 0.277 e. The third-order valence-electron chi connectivity index (χ3n) is 4.22. The molecule has 0 radical (unpaired) electrons. The van der Waals surface area contributed by atoms with Crippen LogP contribution in [0, 0.1) is 6.92 Å². The highest BCUT2D eigenvalue weighted by atomic mass is 35.5. The first-order chi connectivity index (χ1) is 15.0. The fourth-order valence-electron chi connectivity index (χ4n) is 2.65. The van der Waals surface area contributed by atoms with Crippen molar-refractivity contribution in [3.8, 4) is 23.0 Å². The molecule has 1 amide bonds. The third-order valence-corrected chi connectivity index (χ3v) is 5.29. The first-order valence-electron chi connectivity index (χ1n) is 9.42. The van der Waals surface area contributed by atoms with Crippen LogP contribution in [0.5, 0.6) is 11.5 Å². The van der Waals surface area contributed by atoms with Gasteiger partial charge < -0.3 is 14.5 Å². The van der Waals surface area contributed by atoms with Gasteiger partial charge in [0.15, 0.2) is 0 Å². The van der Waals surface area contributed by atoms with Crippen LogP contribution in [0.2, 0.25) is 5.02 Å². The lowest BCUT2D eigenvalue weighted by atomic mass is 10.1. The van der Waals surface area contributed by atoms with Gasteiger partial charge in [0.2, 0.25) is 11.8 Å². The number of aromatic nitrogens is 2. The summed E-state index contributed by atoms with van der Waals surface area (Å²) in [5.74, 6) is 1.75. The quantitative estimate of drug-likeness (QED) is 0.336. The maximum absolute atomic E-state index is 12.2. The Bertz CT molecular complexity index is 1160. The number of carbonyl (C=O) groups excluding carboxylic acids is 1. The molecule has 0 fully saturated rings. The summed E-state index contributed by atoms with van der Waals surface area (Å²) in [7, 11) is 0. The number of amides is 1. The molecule has 0 atom stereocenters. The molecule has 156 valence electrons. The maximum atomic E-state index is 12.2. The molecule has 1 aromatic heterocycles. The van der Waals surface area contributed by atoms with Gasteiger partial charge in [-0.25, -0.2) is 0 Å². The number of halogens is 1. The van der Waals surface area contributed by atoms with Crippen molar-refractivity contribution in [3.05, 3.63) is 83.4 Å². The molecule has 1 heterocycles. The Hall–Kier alpha value is -3.29. The summed E-state index contributed by atoms with van der Waals surface area (Å²) in [4.78, 5) is 12.2. The van der Waals surface area contributed by atoms with Gasteiger partial charge in [-0.05, 0) is 67.6 Å². The number of hydrogen-bond acceptors (Lipinski definition) is 6. The maximum Gasteiger partial charge on any atom is 0.277 e. The van der Waals surface area contributed by atoms with Crippen molar-refractivity contribution < 1.29 is 13.9 Å². The van der Waals surface area contributed by atoms with E-state index in [1.54, 1.807) is 48.5 Å². The number of ether oxygens (including phenoxy) is 1. The molecule has 0 aliphatic rings. The van der Waals surface area contributed by atoms with Crippen molar-refractivity contribution in [1.82, 2.24) is 10.2 Å². The van der Waals surface area contributed by atoms with E-state index >= 15 is 0 Å². The molecule has 0 saturated heterocycles. The van der Waals surface area contributed by atoms with E-state index in [0.29, 0.717) is 33.3 Å². The van der Waals surface area contributed by atoms with Crippen LogP contribution in [0.15, 0.2) is 82.4 Å². The SMILES string of the molecule is Cc1ccc(-c2nnc(SCC(=O)Nc3ccc(Oc4ccc(Cl)cc4)cc3)o2)cc1. The van der Waals surface area contributed by atoms with Gasteiger partial charge in [-0.3, -0.25) is 4.79 Å². The van der Waals surface area contributed by atoms with Gasteiger partial charge in [-0.2, -0.15) is 0 Å². The molecule has 31 heavy (non-hydrogen) atoms. The third kappa shape index (κ3) is 5.87. The monoisotopic (exact) mass is 451 g/mol. The molecule has 0 bridgehead atoms. The number of carbonyl (C=O) groups is 1. The second-order valence-electron chi connectivity index (χ2n) is 6.66. The summed E-state index contributed by atoms with van der Waals surface area (Å²) < 4.78 is 11.4. The predicted octanol–water partition coefficient (Wildman–Crippen LogP) is 6.22. The summed E-state index contributed by atoms with van der Waals surface area (Å²) in [5, 5.41) is 11.9. The topological polar surface area (TPSA) is 77.2 Å². The average molecular weight is 452 g/mol. The zero-order chi connectivity index (χ0) is 21.6. The number of nitrogens with zero attached hydrogens (tertiary/aromatic N) is 2. The van der Waals surface area contributed by atoms with Gasteiger partial charge in [0.1, 0.15) is 11.5 Å². The molecule has 1 N–H and O–H groups in total. The van der Waals surface area contributed by atoms with Crippen LogP contribution < -0.4 is 10.1 Å². The highest BCUT2D eigenvalue weighted by Gasteiger charge is 2.11. The van der Waals surface area contributed by atoms with E-state index in [4.69, 9.17) is 20.8 Å². The molecule has 0 spiro atoms. The fraction of sp³-hybridized carbons (Fsp3) is 0.0870. The number of aryl methyl sites for hydroxylation is 1. The van der Waals surface area contributed by atoms with Crippen molar-refractivity contribution in [2.45, 2.75) is 12.1 Å². The molecular weight excluding hydrogens is 434 g/mol. The van der Waals surface area contributed by atoms with Gasteiger partial charge in [0.05, 0.1) is 5.75 Å². The van der Waals surface area contributed by atoms with E-state index < -0.39 is 0 Å². The molecular formula is C23H18ClN3O3S. The zero-order valence-electron chi connectivity index (χ0n) is 16.5. The van der Waals surface area contributed by atoms with Crippen LogP contribution in [0.1, 0.15) is 5.56 Å². The summed E-state index contributed by atoms with van der Waals surface area (Å²) in [6.07, 6.45) is 0. The van der Waals surface area contributed by atoms with Crippen LogP contribution >= 0.6 is 23.4 Å². The normalized spacial score (nSPS) is 10.6. The number of rotatable bonds is 7. The largest absolute Gasteiger partial charge is 0.457 e. The Kier molecular flexibility index (Phi) is 6.54. The molecule has 0 saturated carbocycles. The summed E-state index contributed by atoms with van der Waals surface area (Å²) in [6.45, 7) is 2.01. The Labute approximate surface area is 188 Å². The van der Waals surface area contributed by atoms with E-state index in [2.05, 4.69) is 15.5 Å². The Morgan fingerprint density at radius 2 is 1.61 bits per heavy atom. The fourth-order valence-corrected chi connectivity index (χ4v) is 3.34. The van der Waals surface area contributed by atoms with Crippen LogP contribution in [0.4, 0.5) is 5.69 Å². The number of benzene rings is 3. The minimum atomic E-state index is -0.175.